The highest BCUT2D eigenvalue weighted by Gasteiger charge is 2.27. The molecule has 5 heteroatoms. The molecule has 4 nitrogen and oxygen atoms in total. The molecule has 1 fully saturated rings. The van der Waals surface area contributed by atoms with Crippen LogP contribution in [0.25, 0.3) is 0 Å². The third-order valence-corrected chi connectivity index (χ3v) is 4.80. The fraction of sp³-hybridized carbons (Fsp3) is 0.444. The lowest BCUT2D eigenvalue weighted by Gasteiger charge is -2.25. The van der Waals surface area contributed by atoms with E-state index in [1.807, 2.05) is 24.0 Å². The Labute approximate surface area is 141 Å². The Morgan fingerprint density at radius 3 is 2.65 bits per heavy atom. The maximum absolute atomic E-state index is 12.9. The van der Waals surface area contributed by atoms with Gasteiger partial charge >= 0.3 is 0 Å². The van der Waals surface area contributed by atoms with Crippen LogP contribution in [0.15, 0.2) is 28.8 Å². The van der Waals surface area contributed by atoms with Crippen molar-refractivity contribution in [3.05, 3.63) is 51.9 Å². The smallest absolute Gasteiger partial charge is 0.259 e. The molecule has 1 unspecified atom stereocenters. The van der Waals surface area contributed by atoms with Gasteiger partial charge in [0.15, 0.2) is 0 Å². The molecule has 2 aromatic rings. The SMILES string of the molecule is Cc1noc(C)c1C(=O)N1CCCCC(c2ccc(Cl)cc2)C1. The van der Waals surface area contributed by atoms with Gasteiger partial charge in [-0.1, -0.05) is 35.3 Å². The van der Waals surface area contributed by atoms with Gasteiger partial charge in [-0.3, -0.25) is 4.79 Å². The molecular formula is C18H21ClN2O2. The summed E-state index contributed by atoms with van der Waals surface area (Å²) < 4.78 is 5.15. The number of nitrogens with zero attached hydrogens (tertiary/aromatic N) is 2. The monoisotopic (exact) mass is 332 g/mol. The van der Waals surface area contributed by atoms with Crippen LogP contribution in [0.5, 0.6) is 0 Å². The van der Waals surface area contributed by atoms with Gasteiger partial charge in [0.2, 0.25) is 0 Å². The fourth-order valence-corrected chi connectivity index (χ4v) is 3.41. The highest BCUT2D eigenvalue weighted by Crippen LogP contribution is 2.29. The van der Waals surface area contributed by atoms with Crippen molar-refractivity contribution in [1.29, 1.82) is 0 Å². The Morgan fingerprint density at radius 1 is 1.26 bits per heavy atom. The van der Waals surface area contributed by atoms with E-state index in [2.05, 4.69) is 17.3 Å². The second-order valence-electron chi connectivity index (χ2n) is 6.19. The van der Waals surface area contributed by atoms with Gasteiger partial charge in [0.1, 0.15) is 11.3 Å². The summed E-state index contributed by atoms with van der Waals surface area (Å²) in [5.74, 6) is 0.973. The van der Waals surface area contributed by atoms with Crippen LogP contribution in [0.2, 0.25) is 5.02 Å². The van der Waals surface area contributed by atoms with Crippen molar-refractivity contribution in [2.75, 3.05) is 13.1 Å². The molecule has 0 N–H and O–H groups in total. The van der Waals surface area contributed by atoms with Crippen LogP contribution in [0.3, 0.4) is 0 Å². The summed E-state index contributed by atoms with van der Waals surface area (Å²) in [5, 5.41) is 4.65. The van der Waals surface area contributed by atoms with E-state index in [0.717, 1.165) is 37.4 Å². The van der Waals surface area contributed by atoms with E-state index in [0.29, 0.717) is 22.9 Å². The van der Waals surface area contributed by atoms with Crippen LogP contribution in [-0.2, 0) is 0 Å². The normalized spacial score (nSPS) is 18.7. The maximum atomic E-state index is 12.9. The number of rotatable bonds is 2. The van der Waals surface area contributed by atoms with Gasteiger partial charge < -0.3 is 9.42 Å². The first kappa shape index (κ1) is 16.1. The molecule has 3 rings (SSSR count). The Morgan fingerprint density at radius 2 is 2.00 bits per heavy atom. The molecule has 0 radical (unpaired) electrons. The minimum atomic E-state index is 0.0297. The van der Waals surface area contributed by atoms with Gasteiger partial charge in [-0.25, -0.2) is 0 Å². The lowest BCUT2D eigenvalue weighted by atomic mass is 9.94. The first-order valence-corrected chi connectivity index (χ1v) is 8.41. The van der Waals surface area contributed by atoms with E-state index in [4.69, 9.17) is 16.1 Å². The maximum Gasteiger partial charge on any atom is 0.259 e. The number of aromatic nitrogens is 1. The highest BCUT2D eigenvalue weighted by atomic mass is 35.5. The van der Waals surface area contributed by atoms with E-state index in [1.165, 1.54) is 5.56 Å². The van der Waals surface area contributed by atoms with Crippen LogP contribution in [0, 0.1) is 13.8 Å². The van der Waals surface area contributed by atoms with Crippen LogP contribution in [-0.4, -0.2) is 29.1 Å². The van der Waals surface area contributed by atoms with Gasteiger partial charge in [0.25, 0.3) is 5.91 Å². The minimum absolute atomic E-state index is 0.0297. The zero-order valence-corrected chi connectivity index (χ0v) is 14.3. The average Bonchev–Trinajstić information content (AvgIpc) is 2.76. The van der Waals surface area contributed by atoms with Crippen LogP contribution >= 0.6 is 11.6 Å². The van der Waals surface area contributed by atoms with Gasteiger partial charge in [0, 0.05) is 24.0 Å². The minimum Gasteiger partial charge on any atom is -0.361 e. The topological polar surface area (TPSA) is 46.3 Å². The second-order valence-corrected chi connectivity index (χ2v) is 6.63. The Bertz CT molecular complexity index is 674. The van der Waals surface area contributed by atoms with Crippen molar-refractivity contribution in [3.63, 3.8) is 0 Å². The van der Waals surface area contributed by atoms with Crippen molar-refractivity contribution in [2.45, 2.75) is 39.0 Å². The van der Waals surface area contributed by atoms with Crippen molar-refractivity contribution in [3.8, 4) is 0 Å². The number of carbonyl (C=O) groups excluding carboxylic acids is 1. The van der Waals surface area contributed by atoms with Crippen LogP contribution < -0.4 is 0 Å². The fourth-order valence-electron chi connectivity index (χ4n) is 3.28. The predicted octanol–water partition coefficient (Wildman–Crippen LogP) is 4.35. The van der Waals surface area contributed by atoms with Crippen molar-refractivity contribution >= 4 is 17.5 Å². The standard InChI is InChI=1S/C18H21ClN2O2/c1-12-17(13(2)23-20-12)18(22)21-10-4-3-5-15(11-21)14-6-8-16(19)9-7-14/h6-9,15H,3-5,10-11H2,1-2H3. The molecule has 1 aliphatic rings. The van der Waals surface area contributed by atoms with Gasteiger partial charge in [-0.2, -0.15) is 0 Å². The Hall–Kier alpha value is -1.81. The number of aryl methyl sites for hydroxylation is 2. The zero-order chi connectivity index (χ0) is 16.4. The summed E-state index contributed by atoms with van der Waals surface area (Å²) >= 11 is 5.98. The summed E-state index contributed by atoms with van der Waals surface area (Å²) in [5.41, 5.74) is 2.52. The molecule has 0 saturated carbocycles. The van der Waals surface area contributed by atoms with Crippen LogP contribution in [0.1, 0.15) is 52.6 Å². The van der Waals surface area contributed by atoms with E-state index < -0.39 is 0 Å². The van der Waals surface area contributed by atoms with E-state index in [-0.39, 0.29) is 5.91 Å². The quantitative estimate of drug-likeness (QED) is 0.821. The molecule has 2 heterocycles. The highest BCUT2D eigenvalue weighted by molar-refractivity contribution is 6.30. The van der Waals surface area contributed by atoms with Gasteiger partial charge in [-0.15, -0.1) is 0 Å². The summed E-state index contributed by atoms with van der Waals surface area (Å²) in [6, 6.07) is 7.97. The van der Waals surface area contributed by atoms with Crippen molar-refractivity contribution < 1.29 is 9.32 Å². The summed E-state index contributed by atoms with van der Waals surface area (Å²) in [7, 11) is 0. The van der Waals surface area contributed by atoms with E-state index in [1.54, 1.807) is 6.92 Å². The lowest BCUT2D eigenvalue weighted by molar-refractivity contribution is 0.0752. The van der Waals surface area contributed by atoms with Gasteiger partial charge in [-0.05, 0) is 44.4 Å². The molecule has 0 spiro atoms. The Kier molecular flexibility index (Phi) is 4.71. The zero-order valence-electron chi connectivity index (χ0n) is 13.5. The first-order chi connectivity index (χ1) is 11.1. The van der Waals surface area contributed by atoms with E-state index in [9.17, 15) is 4.79 Å². The largest absolute Gasteiger partial charge is 0.361 e. The molecule has 1 amide bonds. The number of carbonyl (C=O) groups is 1. The molecule has 1 saturated heterocycles. The predicted molar refractivity (Wildman–Crippen MR) is 89.9 cm³/mol. The molecule has 1 aromatic carbocycles. The molecule has 23 heavy (non-hydrogen) atoms. The van der Waals surface area contributed by atoms with Crippen molar-refractivity contribution in [2.24, 2.45) is 0 Å². The van der Waals surface area contributed by atoms with Crippen molar-refractivity contribution in [1.82, 2.24) is 10.1 Å². The van der Waals surface area contributed by atoms with Gasteiger partial charge in [0.05, 0.1) is 5.69 Å². The molecule has 0 bridgehead atoms. The number of hydrogen-bond acceptors (Lipinski definition) is 3. The van der Waals surface area contributed by atoms with E-state index >= 15 is 0 Å². The summed E-state index contributed by atoms with van der Waals surface area (Å²) in [4.78, 5) is 14.8. The number of benzene rings is 1. The third-order valence-electron chi connectivity index (χ3n) is 4.55. The summed E-state index contributed by atoms with van der Waals surface area (Å²) in [6.07, 6.45) is 3.24. The first-order valence-electron chi connectivity index (χ1n) is 8.04. The lowest BCUT2D eigenvalue weighted by Crippen LogP contribution is -2.34. The molecule has 0 aliphatic carbocycles. The third kappa shape index (κ3) is 3.42. The summed E-state index contributed by atoms with van der Waals surface area (Å²) in [6.45, 7) is 5.12. The number of amides is 1. The number of likely N-dealkylation sites (tertiary alicyclic amines) is 1. The van der Waals surface area contributed by atoms with Crippen LogP contribution in [0.4, 0.5) is 0 Å². The molecular weight excluding hydrogens is 312 g/mol. The average molecular weight is 333 g/mol. The second kappa shape index (κ2) is 6.75. The molecule has 122 valence electrons. The Balaban J connectivity index is 1.82. The number of halogens is 1. The molecule has 1 aliphatic heterocycles. The number of hydrogen-bond donors (Lipinski definition) is 0. The molecule has 1 atom stereocenters. The molecule has 1 aromatic heterocycles.